The lowest BCUT2D eigenvalue weighted by molar-refractivity contribution is -0.138. The van der Waals surface area contributed by atoms with E-state index in [-0.39, 0.29) is 11.4 Å². The van der Waals surface area contributed by atoms with E-state index >= 15 is 0 Å². The Balaban J connectivity index is 2.30. The molecule has 2 amide bonds. The summed E-state index contributed by atoms with van der Waals surface area (Å²) in [7, 11) is 1.72. The van der Waals surface area contributed by atoms with Crippen LogP contribution in [0.25, 0.3) is 0 Å². The summed E-state index contributed by atoms with van der Waals surface area (Å²) in [5.41, 5.74) is 1.57. The zero-order valence-corrected chi connectivity index (χ0v) is 13.0. The second kappa shape index (κ2) is 5.39. The molecular formula is C16H22N2O3. The number of aliphatic carboxylic acids is 1. The van der Waals surface area contributed by atoms with Crippen molar-refractivity contribution >= 4 is 17.7 Å². The second-order valence-electron chi connectivity index (χ2n) is 6.76. The van der Waals surface area contributed by atoms with Crippen LogP contribution in [-0.4, -0.2) is 41.6 Å². The molecule has 21 heavy (non-hydrogen) atoms. The van der Waals surface area contributed by atoms with Crippen molar-refractivity contribution in [2.24, 2.45) is 5.41 Å². The van der Waals surface area contributed by atoms with Crippen LogP contribution >= 0.6 is 0 Å². The molecule has 0 aromatic heterocycles. The van der Waals surface area contributed by atoms with Gasteiger partial charge in [-0.05, 0) is 17.0 Å². The summed E-state index contributed by atoms with van der Waals surface area (Å²) >= 11 is 0. The van der Waals surface area contributed by atoms with E-state index < -0.39 is 12.0 Å². The largest absolute Gasteiger partial charge is 0.480 e. The van der Waals surface area contributed by atoms with Gasteiger partial charge in [-0.15, -0.1) is 0 Å². The Morgan fingerprint density at radius 2 is 1.95 bits per heavy atom. The fourth-order valence-electron chi connectivity index (χ4n) is 2.78. The Morgan fingerprint density at radius 1 is 1.33 bits per heavy atom. The minimum Gasteiger partial charge on any atom is -0.480 e. The Morgan fingerprint density at radius 3 is 2.52 bits per heavy atom. The van der Waals surface area contributed by atoms with Gasteiger partial charge in [-0.2, -0.15) is 0 Å². The number of rotatable bonds is 2. The fourth-order valence-corrected chi connectivity index (χ4v) is 2.78. The molecule has 1 aliphatic rings. The number of urea groups is 1. The molecule has 1 heterocycles. The Hall–Kier alpha value is -2.04. The first-order valence-corrected chi connectivity index (χ1v) is 7.06. The number of amides is 2. The molecule has 1 aromatic rings. The van der Waals surface area contributed by atoms with E-state index in [0.29, 0.717) is 18.7 Å². The first kappa shape index (κ1) is 15.4. The van der Waals surface area contributed by atoms with Crippen LogP contribution in [0.3, 0.4) is 0 Å². The molecule has 0 fully saturated rings. The van der Waals surface area contributed by atoms with Crippen LogP contribution in [0.1, 0.15) is 26.3 Å². The third-order valence-electron chi connectivity index (χ3n) is 3.51. The zero-order chi connectivity index (χ0) is 15.8. The number of hydrogen-bond acceptors (Lipinski definition) is 2. The van der Waals surface area contributed by atoms with Crippen LogP contribution in [0.2, 0.25) is 0 Å². The Bertz CT molecular complexity index is 563. The standard InChI is InChI=1S/C16H22N2O3/c1-16(2,3)10-17(4)15(21)18-12-8-6-5-7-11(12)9-13(18)14(19)20/h5-8,13H,9-10H2,1-4H3,(H,19,20)/t13-/m0/s1. The highest BCUT2D eigenvalue weighted by Crippen LogP contribution is 2.33. The van der Waals surface area contributed by atoms with Crippen molar-refractivity contribution < 1.29 is 14.7 Å². The number of nitrogens with zero attached hydrogens (tertiary/aromatic N) is 2. The van der Waals surface area contributed by atoms with Gasteiger partial charge in [0, 0.05) is 25.7 Å². The topological polar surface area (TPSA) is 60.9 Å². The van der Waals surface area contributed by atoms with E-state index in [9.17, 15) is 14.7 Å². The van der Waals surface area contributed by atoms with Gasteiger partial charge in [0.15, 0.2) is 0 Å². The molecule has 0 spiro atoms. The maximum Gasteiger partial charge on any atom is 0.327 e. The predicted molar refractivity (Wildman–Crippen MR) is 81.5 cm³/mol. The first-order chi connectivity index (χ1) is 9.70. The molecule has 1 atom stereocenters. The lowest BCUT2D eigenvalue weighted by atomic mass is 9.96. The van der Waals surface area contributed by atoms with Crippen molar-refractivity contribution in [3.63, 3.8) is 0 Å². The van der Waals surface area contributed by atoms with E-state index in [0.717, 1.165) is 5.56 Å². The fraction of sp³-hybridized carbons (Fsp3) is 0.500. The normalized spacial score (nSPS) is 17.5. The molecule has 0 unspecified atom stereocenters. The van der Waals surface area contributed by atoms with Crippen molar-refractivity contribution in [3.05, 3.63) is 29.8 Å². The lowest BCUT2D eigenvalue weighted by Gasteiger charge is -2.32. The Kier molecular flexibility index (Phi) is 3.94. The van der Waals surface area contributed by atoms with Gasteiger partial charge < -0.3 is 10.0 Å². The van der Waals surface area contributed by atoms with Crippen LogP contribution in [0.5, 0.6) is 0 Å². The SMILES string of the molecule is CN(CC(C)(C)C)C(=O)N1c2ccccc2C[C@H]1C(=O)O. The molecule has 2 rings (SSSR count). The lowest BCUT2D eigenvalue weighted by Crippen LogP contribution is -2.50. The maximum atomic E-state index is 12.7. The highest BCUT2D eigenvalue weighted by atomic mass is 16.4. The van der Waals surface area contributed by atoms with Gasteiger partial charge in [-0.3, -0.25) is 4.90 Å². The molecule has 114 valence electrons. The summed E-state index contributed by atoms with van der Waals surface area (Å²) in [6.45, 7) is 6.70. The average molecular weight is 290 g/mol. The number of carboxylic acids is 1. The monoisotopic (exact) mass is 290 g/mol. The molecule has 1 aromatic carbocycles. The quantitative estimate of drug-likeness (QED) is 0.910. The molecule has 5 heteroatoms. The third-order valence-corrected chi connectivity index (χ3v) is 3.51. The van der Waals surface area contributed by atoms with Gasteiger partial charge in [0.25, 0.3) is 0 Å². The van der Waals surface area contributed by atoms with Crippen molar-refractivity contribution in [2.45, 2.75) is 33.2 Å². The van der Waals surface area contributed by atoms with Crippen LogP contribution < -0.4 is 4.90 Å². The summed E-state index contributed by atoms with van der Waals surface area (Å²) in [4.78, 5) is 27.2. The summed E-state index contributed by atoms with van der Waals surface area (Å²) < 4.78 is 0. The molecule has 0 saturated heterocycles. The number of fused-ring (bicyclic) bond motifs is 1. The summed E-state index contributed by atoms with van der Waals surface area (Å²) in [5, 5.41) is 9.41. The zero-order valence-electron chi connectivity index (χ0n) is 13.0. The molecule has 0 radical (unpaired) electrons. The van der Waals surface area contributed by atoms with Gasteiger partial charge >= 0.3 is 12.0 Å². The number of carboxylic acid groups (broad SMARTS) is 1. The third kappa shape index (κ3) is 3.17. The maximum absolute atomic E-state index is 12.7. The van der Waals surface area contributed by atoms with E-state index in [1.54, 1.807) is 18.0 Å². The molecule has 0 bridgehead atoms. The average Bonchev–Trinajstić information content (AvgIpc) is 2.75. The highest BCUT2D eigenvalue weighted by Gasteiger charge is 2.39. The summed E-state index contributed by atoms with van der Waals surface area (Å²) in [5.74, 6) is -0.969. The number of para-hydroxylation sites is 1. The van der Waals surface area contributed by atoms with Crippen molar-refractivity contribution in [3.8, 4) is 0 Å². The number of carbonyl (C=O) groups is 2. The Labute approximate surface area is 125 Å². The van der Waals surface area contributed by atoms with Gasteiger partial charge in [-0.1, -0.05) is 39.0 Å². The van der Waals surface area contributed by atoms with Crippen molar-refractivity contribution in [1.82, 2.24) is 4.90 Å². The van der Waals surface area contributed by atoms with E-state index in [2.05, 4.69) is 0 Å². The van der Waals surface area contributed by atoms with Gasteiger partial charge in [0.1, 0.15) is 6.04 Å². The summed E-state index contributed by atoms with van der Waals surface area (Å²) in [6.07, 6.45) is 0.362. The molecule has 1 aliphatic heterocycles. The van der Waals surface area contributed by atoms with Crippen LogP contribution in [0.15, 0.2) is 24.3 Å². The van der Waals surface area contributed by atoms with E-state index in [1.165, 1.54) is 4.90 Å². The minimum atomic E-state index is -0.969. The molecular weight excluding hydrogens is 268 g/mol. The minimum absolute atomic E-state index is 0.0393. The van der Waals surface area contributed by atoms with Crippen LogP contribution in [0.4, 0.5) is 10.5 Å². The molecule has 0 saturated carbocycles. The highest BCUT2D eigenvalue weighted by molar-refractivity contribution is 6.00. The first-order valence-electron chi connectivity index (χ1n) is 7.06. The predicted octanol–water partition coefficient (Wildman–Crippen LogP) is 2.60. The number of anilines is 1. The number of carbonyl (C=O) groups excluding carboxylic acids is 1. The number of hydrogen-bond donors (Lipinski definition) is 1. The number of benzene rings is 1. The summed E-state index contributed by atoms with van der Waals surface area (Å²) in [6, 6.07) is 6.29. The van der Waals surface area contributed by atoms with E-state index in [1.807, 2.05) is 39.0 Å². The van der Waals surface area contributed by atoms with Gasteiger partial charge in [0.2, 0.25) is 0 Å². The molecule has 1 N–H and O–H groups in total. The van der Waals surface area contributed by atoms with Crippen LogP contribution in [-0.2, 0) is 11.2 Å². The van der Waals surface area contributed by atoms with Crippen molar-refractivity contribution in [1.29, 1.82) is 0 Å². The van der Waals surface area contributed by atoms with Crippen LogP contribution in [0, 0.1) is 5.41 Å². The second-order valence-corrected chi connectivity index (χ2v) is 6.76. The molecule has 5 nitrogen and oxygen atoms in total. The van der Waals surface area contributed by atoms with Gasteiger partial charge in [0.05, 0.1) is 0 Å². The van der Waals surface area contributed by atoms with Gasteiger partial charge in [-0.25, -0.2) is 9.59 Å². The smallest absolute Gasteiger partial charge is 0.327 e. The van der Waals surface area contributed by atoms with E-state index in [4.69, 9.17) is 0 Å². The van der Waals surface area contributed by atoms with Crippen molar-refractivity contribution in [2.75, 3.05) is 18.5 Å². The molecule has 0 aliphatic carbocycles.